The summed E-state index contributed by atoms with van der Waals surface area (Å²) < 4.78 is 1.08. The van der Waals surface area contributed by atoms with Gasteiger partial charge in [0.1, 0.15) is 5.70 Å². The first-order chi connectivity index (χ1) is 20.2. The Bertz CT molecular complexity index is 1610. The van der Waals surface area contributed by atoms with E-state index in [1.165, 1.54) is 42.1 Å². The number of carbonyl (C=O) groups excluding carboxylic acids is 3. The zero-order valence-electron chi connectivity index (χ0n) is 22.2. The lowest BCUT2D eigenvalue weighted by Gasteiger charge is -2.13. The van der Waals surface area contributed by atoms with Gasteiger partial charge in [-0.3, -0.25) is 24.5 Å². The van der Waals surface area contributed by atoms with E-state index < -0.39 is 16.7 Å². The second-order valence-corrected chi connectivity index (χ2v) is 11.6. The van der Waals surface area contributed by atoms with Gasteiger partial charge in [0.05, 0.1) is 10.2 Å². The maximum absolute atomic E-state index is 13.2. The van der Waals surface area contributed by atoms with E-state index in [0.29, 0.717) is 16.8 Å². The van der Waals surface area contributed by atoms with Gasteiger partial charge in [-0.05, 0) is 114 Å². The fourth-order valence-electron chi connectivity index (χ4n) is 3.65. The SMILES string of the molecule is CC(Sc1ccc(NC(=O)/C(=C/c2ccc([N+](=O)[O-])cc2)NC(=O)c2ccccc2)cc1)C(=O)Nc1ccc(I)cc1. The van der Waals surface area contributed by atoms with Crippen LogP contribution in [0, 0.1) is 13.7 Å². The van der Waals surface area contributed by atoms with Gasteiger partial charge in [0.25, 0.3) is 17.5 Å². The number of anilines is 2. The summed E-state index contributed by atoms with van der Waals surface area (Å²) in [5, 5.41) is 18.9. The van der Waals surface area contributed by atoms with E-state index in [1.54, 1.807) is 54.6 Å². The molecule has 3 amide bonds. The van der Waals surface area contributed by atoms with Crippen molar-refractivity contribution in [2.75, 3.05) is 10.6 Å². The molecule has 11 heteroatoms. The topological polar surface area (TPSA) is 130 Å². The first-order valence-corrected chi connectivity index (χ1v) is 14.6. The summed E-state index contributed by atoms with van der Waals surface area (Å²) in [5.74, 6) is -1.19. The number of nitro benzene ring substituents is 1. The number of thioether (sulfide) groups is 1. The number of nitro groups is 1. The summed E-state index contributed by atoms with van der Waals surface area (Å²) in [5.41, 5.74) is 1.92. The second kappa shape index (κ2) is 14.4. The molecule has 0 saturated carbocycles. The lowest BCUT2D eigenvalue weighted by Crippen LogP contribution is -2.30. The molecule has 0 heterocycles. The van der Waals surface area contributed by atoms with Gasteiger partial charge in [0, 0.05) is 37.5 Å². The number of carbonyl (C=O) groups is 3. The van der Waals surface area contributed by atoms with E-state index in [-0.39, 0.29) is 22.5 Å². The molecular formula is C31H25IN4O5S. The zero-order valence-corrected chi connectivity index (χ0v) is 25.2. The van der Waals surface area contributed by atoms with Gasteiger partial charge in [-0.1, -0.05) is 18.2 Å². The third-order valence-corrected chi connectivity index (χ3v) is 7.68. The summed E-state index contributed by atoms with van der Waals surface area (Å²) in [7, 11) is 0. The molecule has 0 fully saturated rings. The van der Waals surface area contributed by atoms with Crippen molar-refractivity contribution < 1.29 is 19.3 Å². The molecule has 0 aromatic heterocycles. The number of hydrogen-bond acceptors (Lipinski definition) is 6. The van der Waals surface area contributed by atoms with Gasteiger partial charge in [0.15, 0.2) is 0 Å². The van der Waals surface area contributed by atoms with Crippen LogP contribution >= 0.6 is 34.4 Å². The van der Waals surface area contributed by atoms with Crippen molar-refractivity contribution in [1.29, 1.82) is 0 Å². The Labute approximate surface area is 260 Å². The van der Waals surface area contributed by atoms with Gasteiger partial charge in [-0.2, -0.15) is 0 Å². The summed E-state index contributed by atoms with van der Waals surface area (Å²) in [6, 6.07) is 28.6. The van der Waals surface area contributed by atoms with Crippen molar-refractivity contribution in [3.8, 4) is 0 Å². The van der Waals surface area contributed by atoms with E-state index in [1.807, 2.05) is 31.2 Å². The Balaban J connectivity index is 1.44. The molecule has 0 bridgehead atoms. The Morgan fingerprint density at radius 1 is 0.833 bits per heavy atom. The maximum atomic E-state index is 13.2. The molecular weight excluding hydrogens is 667 g/mol. The van der Waals surface area contributed by atoms with Crippen molar-refractivity contribution in [2.24, 2.45) is 0 Å². The number of non-ortho nitro benzene ring substituents is 1. The second-order valence-electron chi connectivity index (χ2n) is 8.96. The molecule has 0 aliphatic heterocycles. The summed E-state index contributed by atoms with van der Waals surface area (Å²) in [6.45, 7) is 1.81. The Morgan fingerprint density at radius 3 is 2.05 bits per heavy atom. The fraction of sp³-hybridized carbons (Fsp3) is 0.0645. The standard InChI is InChI=1S/C31H25IN4O5S/c1-20(29(37)33-24-11-9-23(32)10-12-24)42-27-17-13-25(14-18-27)34-31(39)28(35-30(38)22-5-3-2-4-6-22)19-21-7-15-26(16-8-21)36(40)41/h2-20H,1H3,(H,33,37)(H,34,39)(H,35,38)/b28-19-. The number of rotatable bonds is 10. The molecule has 1 unspecified atom stereocenters. The van der Waals surface area contributed by atoms with Gasteiger partial charge < -0.3 is 16.0 Å². The molecule has 4 rings (SSSR count). The maximum Gasteiger partial charge on any atom is 0.272 e. The molecule has 0 aliphatic carbocycles. The summed E-state index contributed by atoms with van der Waals surface area (Å²) in [6.07, 6.45) is 1.44. The van der Waals surface area contributed by atoms with Crippen molar-refractivity contribution in [1.82, 2.24) is 5.32 Å². The number of halogens is 1. The molecule has 0 aliphatic rings. The van der Waals surface area contributed by atoms with Crippen LogP contribution in [0.25, 0.3) is 6.08 Å². The van der Waals surface area contributed by atoms with Crippen molar-refractivity contribution in [3.63, 3.8) is 0 Å². The summed E-state index contributed by atoms with van der Waals surface area (Å²) >= 11 is 3.58. The third-order valence-electron chi connectivity index (χ3n) is 5.85. The molecule has 9 nitrogen and oxygen atoms in total. The third kappa shape index (κ3) is 8.75. The number of benzene rings is 4. The Hall–Kier alpha value is -4.49. The first kappa shape index (κ1) is 30.5. The molecule has 0 saturated heterocycles. The molecule has 4 aromatic rings. The number of nitrogens with zero attached hydrogens (tertiary/aromatic N) is 1. The van der Waals surface area contributed by atoms with Crippen molar-refractivity contribution in [2.45, 2.75) is 17.1 Å². The highest BCUT2D eigenvalue weighted by atomic mass is 127. The Morgan fingerprint density at radius 2 is 1.43 bits per heavy atom. The highest BCUT2D eigenvalue weighted by Crippen LogP contribution is 2.26. The normalized spacial score (nSPS) is 11.7. The minimum Gasteiger partial charge on any atom is -0.325 e. The minimum atomic E-state index is -0.580. The highest BCUT2D eigenvalue weighted by molar-refractivity contribution is 14.1. The number of amides is 3. The molecule has 42 heavy (non-hydrogen) atoms. The van der Waals surface area contributed by atoms with Crippen LogP contribution in [-0.2, 0) is 9.59 Å². The average Bonchev–Trinajstić information content (AvgIpc) is 2.99. The predicted molar refractivity (Wildman–Crippen MR) is 173 cm³/mol. The number of nitrogens with one attached hydrogen (secondary N) is 3. The van der Waals surface area contributed by atoms with Crippen LogP contribution in [0.4, 0.5) is 17.1 Å². The Kier molecular flexibility index (Phi) is 10.5. The van der Waals surface area contributed by atoms with Crippen LogP contribution in [-0.4, -0.2) is 27.9 Å². The predicted octanol–water partition coefficient (Wildman–Crippen LogP) is 6.73. The minimum absolute atomic E-state index is 0.0444. The fourth-order valence-corrected chi connectivity index (χ4v) is 4.88. The van der Waals surface area contributed by atoms with Gasteiger partial charge >= 0.3 is 0 Å². The molecule has 4 aromatic carbocycles. The smallest absolute Gasteiger partial charge is 0.272 e. The molecule has 212 valence electrons. The van der Waals surface area contributed by atoms with Crippen LogP contribution in [0.5, 0.6) is 0 Å². The average molecular weight is 693 g/mol. The lowest BCUT2D eigenvalue weighted by molar-refractivity contribution is -0.384. The van der Waals surface area contributed by atoms with Gasteiger partial charge in [-0.25, -0.2) is 0 Å². The molecule has 0 radical (unpaired) electrons. The van der Waals surface area contributed by atoms with E-state index in [9.17, 15) is 24.5 Å². The van der Waals surface area contributed by atoms with Gasteiger partial charge in [-0.15, -0.1) is 11.8 Å². The van der Waals surface area contributed by atoms with Gasteiger partial charge in [0.2, 0.25) is 5.91 Å². The van der Waals surface area contributed by atoms with Crippen molar-refractivity contribution >= 4 is 75.2 Å². The largest absolute Gasteiger partial charge is 0.325 e. The van der Waals surface area contributed by atoms with Crippen LogP contribution in [0.2, 0.25) is 0 Å². The quantitative estimate of drug-likeness (QED) is 0.0556. The highest BCUT2D eigenvalue weighted by Gasteiger charge is 2.17. The van der Waals surface area contributed by atoms with E-state index in [0.717, 1.165) is 14.2 Å². The molecule has 1 atom stereocenters. The van der Waals surface area contributed by atoms with Crippen LogP contribution in [0.3, 0.4) is 0 Å². The van der Waals surface area contributed by atoms with Crippen LogP contribution in [0.15, 0.2) is 114 Å². The number of hydrogen-bond donors (Lipinski definition) is 3. The monoisotopic (exact) mass is 692 g/mol. The molecule has 3 N–H and O–H groups in total. The zero-order chi connectivity index (χ0) is 30.1. The van der Waals surface area contributed by atoms with E-state index >= 15 is 0 Å². The molecule has 0 spiro atoms. The first-order valence-electron chi connectivity index (χ1n) is 12.6. The lowest BCUT2D eigenvalue weighted by atomic mass is 10.1. The van der Waals surface area contributed by atoms with Crippen molar-refractivity contribution in [3.05, 3.63) is 134 Å². The van der Waals surface area contributed by atoms with E-state index in [2.05, 4.69) is 38.5 Å². The summed E-state index contributed by atoms with van der Waals surface area (Å²) in [4.78, 5) is 50.0. The van der Waals surface area contributed by atoms with Crippen LogP contribution < -0.4 is 16.0 Å². The van der Waals surface area contributed by atoms with Crippen LogP contribution in [0.1, 0.15) is 22.8 Å². The van der Waals surface area contributed by atoms with E-state index in [4.69, 9.17) is 0 Å².